The van der Waals surface area contributed by atoms with Crippen LogP contribution in [0.2, 0.25) is 0 Å². The second kappa shape index (κ2) is 6.97. The van der Waals surface area contributed by atoms with Crippen LogP contribution in [0.3, 0.4) is 0 Å². The van der Waals surface area contributed by atoms with Crippen molar-refractivity contribution in [3.05, 3.63) is 11.9 Å². The molecular formula is C15H25N5O3. The largest absolute Gasteiger partial charge is 0.444 e. The van der Waals surface area contributed by atoms with E-state index in [9.17, 15) is 9.59 Å². The van der Waals surface area contributed by atoms with Crippen LogP contribution in [0.1, 0.15) is 57.1 Å². The molecule has 0 saturated carbocycles. The molecule has 0 radical (unpaired) electrons. The van der Waals surface area contributed by atoms with E-state index in [4.69, 9.17) is 4.74 Å². The molecule has 1 aliphatic rings. The van der Waals surface area contributed by atoms with Crippen molar-refractivity contribution >= 4 is 12.0 Å². The lowest BCUT2D eigenvalue weighted by Crippen LogP contribution is -2.42. The smallest absolute Gasteiger partial charge is 0.410 e. The molecule has 23 heavy (non-hydrogen) atoms. The van der Waals surface area contributed by atoms with E-state index in [0.717, 1.165) is 12.8 Å². The highest BCUT2D eigenvalue weighted by atomic mass is 16.6. The zero-order valence-electron chi connectivity index (χ0n) is 14.2. The summed E-state index contributed by atoms with van der Waals surface area (Å²) in [5.74, 6) is -0.218. The molecule has 2 rings (SSSR count). The summed E-state index contributed by atoms with van der Waals surface area (Å²) in [6.07, 6.45) is 2.91. The van der Waals surface area contributed by atoms with Gasteiger partial charge >= 0.3 is 6.09 Å². The molecule has 0 atom stereocenters. The molecule has 2 amide bonds. The summed E-state index contributed by atoms with van der Waals surface area (Å²) in [7, 11) is 0. The van der Waals surface area contributed by atoms with E-state index >= 15 is 0 Å². The summed E-state index contributed by atoms with van der Waals surface area (Å²) in [4.78, 5) is 25.5. The maximum absolute atomic E-state index is 12.0. The first-order chi connectivity index (χ1) is 10.8. The number of piperidine rings is 1. The predicted molar refractivity (Wildman–Crippen MR) is 84.1 cm³/mol. The second-order valence-electron chi connectivity index (χ2n) is 6.64. The van der Waals surface area contributed by atoms with Crippen molar-refractivity contribution < 1.29 is 14.3 Å². The van der Waals surface area contributed by atoms with Gasteiger partial charge in [-0.15, -0.1) is 5.10 Å². The van der Waals surface area contributed by atoms with Crippen molar-refractivity contribution in [3.63, 3.8) is 0 Å². The molecule has 0 bridgehead atoms. The Bertz CT molecular complexity index is 556. The molecular weight excluding hydrogens is 298 g/mol. The third-order valence-corrected chi connectivity index (χ3v) is 3.57. The molecule has 0 aromatic carbocycles. The summed E-state index contributed by atoms with van der Waals surface area (Å²) in [6.45, 7) is 9.20. The Morgan fingerprint density at radius 2 is 2.00 bits per heavy atom. The van der Waals surface area contributed by atoms with Crippen molar-refractivity contribution in [1.82, 2.24) is 25.2 Å². The lowest BCUT2D eigenvalue weighted by Gasteiger charge is -2.33. The van der Waals surface area contributed by atoms with Gasteiger partial charge in [-0.05, 0) is 40.5 Å². The van der Waals surface area contributed by atoms with Gasteiger partial charge in [-0.3, -0.25) is 4.79 Å². The number of rotatable bonds is 3. The summed E-state index contributed by atoms with van der Waals surface area (Å²) in [5.41, 5.74) is -0.164. The second-order valence-corrected chi connectivity index (χ2v) is 6.64. The van der Waals surface area contributed by atoms with E-state index in [1.54, 1.807) is 15.8 Å². The lowest BCUT2D eigenvalue weighted by atomic mass is 10.1. The number of carbonyl (C=O) groups excluding carboxylic acids is 2. The fraction of sp³-hybridized carbons (Fsp3) is 0.733. The number of nitrogens with one attached hydrogen (secondary N) is 1. The Morgan fingerprint density at radius 1 is 1.35 bits per heavy atom. The van der Waals surface area contributed by atoms with Gasteiger partial charge in [0.2, 0.25) is 0 Å². The fourth-order valence-corrected chi connectivity index (χ4v) is 2.45. The van der Waals surface area contributed by atoms with Gasteiger partial charge in [0.15, 0.2) is 5.69 Å². The van der Waals surface area contributed by atoms with Crippen molar-refractivity contribution in [2.75, 3.05) is 19.6 Å². The van der Waals surface area contributed by atoms with Gasteiger partial charge in [0, 0.05) is 19.6 Å². The van der Waals surface area contributed by atoms with Crippen molar-refractivity contribution in [3.8, 4) is 0 Å². The van der Waals surface area contributed by atoms with Crippen LogP contribution in [0.4, 0.5) is 4.79 Å². The number of nitrogens with zero attached hydrogens (tertiary/aromatic N) is 4. The molecule has 1 aromatic rings. The first kappa shape index (κ1) is 17.2. The number of ether oxygens (including phenoxy) is 1. The molecule has 1 aromatic heterocycles. The topological polar surface area (TPSA) is 89.4 Å². The van der Waals surface area contributed by atoms with Crippen LogP contribution in [0.15, 0.2) is 6.20 Å². The van der Waals surface area contributed by atoms with Crippen LogP contribution in [0.5, 0.6) is 0 Å². The average molecular weight is 323 g/mol. The third kappa shape index (κ3) is 4.67. The summed E-state index contributed by atoms with van der Waals surface area (Å²) in [6, 6.07) is 0.143. The highest BCUT2D eigenvalue weighted by molar-refractivity contribution is 5.91. The van der Waals surface area contributed by atoms with E-state index in [0.29, 0.717) is 25.3 Å². The average Bonchev–Trinajstić information content (AvgIpc) is 2.96. The van der Waals surface area contributed by atoms with E-state index in [1.165, 1.54) is 0 Å². The molecule has 0 aliphatic carbocycles. The van der Waals surface area contributed by atoms with Crippen LogP contribution in [-0.2, 0) is 4.74 Å². The van der Waals surface area contributed by atoms with Crippen LogP contribution >= 0.6 is 0 Å². The molecule has 1 aliphatic heterocycles. The van der Waals surface area contributed by atoms with Gasteiger partial charge in [0.1, 0.15) is 5.60 Å². The van der Waals surface area contributed by atoms with Crippen LogP contribution < -0.4 is 5.32 Å². The van der Waals surface area contributed by atoms with Gasteiger partial charge in [-0.1, -0.05) is 5.21 Å². The first-order valence-electron chi connectivity index (χ1n) is 7.98. The minimum absolute atomic E-state index is 0.143. The van der Waals surface area contributed by atoms with Gasteiger partial charge in [-0.2, -0.15) is 0 Å². The number of amides is 2. The lowest BCUT2D eigenvalue weighted by molar-refractivity contribution is 0.0184. The van der Waals surface area contributed by atoms with E-state index in [-0.39, 0.29) is 18.0 Å². The highest BCUT2D eigenvalue weighted by Gasteiger charge is 2.28. The Hall–Kier alpha value is -2.12. The Kier molecular flexibility index (Phi) is 5.23. The molecule has 128 valence electrons. The number of carbonyl (C=O) groups is 2. The summed E-state index contributed by atoms with van der Waals surface area (Å²) in [5, 5.41) is 10.6. The zero-order valence-corrected chi connectivity index (χ0v) is 14.2. The SMILES string of the molecule is CCNC(=O)c1cn(C2CCN(C(=O)OC(C)(C)C)CC2)nn1. The first-order valence-corrected chi connectivity index (χ1v) is 7.98. The maximum Gasteiger partial charge on any atom is 0.410 e. The van der Waals surface area contributed by atoms with Gasteiger partial charge in [0.25, 0.3) is 5.91 Å². The molecule has 0 unspecified atom stereocenters. The molecule has 1 saturated heterocycles. The number of likely N-dealkylation sites (tertiary alicyclic amines) is 1. The van der Waals surface area contributed by atoms with Crippen molar-refractivity contribution in [2.45, 2.75) is 52.2 Å². The molecule has 1 N–H and O–H groups in total. The molecule has 8 heteroatoms. The molecule has 2 heterocycles. The maximum atomic E-state index is 12.0. The van der Waals surface area contributed by atoms with Crippen LogP contribution in [0.25, 0.3) is 0 Å². The van der Waals surface area contributed by atoms with Crippen LogP contribution in [-0.4, -0.2) is 57.1 Å². The number of hydrogen-bond donors (Lipinski definition) is 1. The Balaban J connectivity index is 1.89. The Morgan fingerprint density at radius 3 is 2.57 bits per heavy atom. The quantitative estimate of drug-likeness (QED) is 0.912. The zero-order chi connectivity index (χ0) is 17.0. The minimum Gasteiger partial charge on any atom is -0.444 e. The highest BCUT2D eigenvalue weighted by Crippen LogP contribution is 2.23. The van der Waals surface area contributed by atoms with E-state index < -0.39 is 5.60 Å². The minimum atomic E-state index is -0.485. The normalized spacial score (nSPS) is 16.3. The predicted octanol–water partition coefficient (Wildman–Crippen LogP) is 1.60. The molecule has 0 spiro atoms. The van der Waals surface area contributed by atoms with Crippen molar-refractivity contribution in [1.29, 1.82) is 0 Å². The van der Waals surface area contributed by atoms with Gasteiger partial charge in [-0.25, -0.2) is 9.48 Å². The van der Waals surface area contributed by atoms with E-state index in [2.05, 4.69) is 15.6 Å². The molecule has 1 fully saturated rings. The monoisotopic (exact) mass is 323 g/mol. The standard InChI is InChI=1S/C15H25N5O3/c1-5-16-13(21)12-10-20(18-17-12)11-6-8-19(9-7-11)14(22)23-15(2,3)4/h10-11H,5-9H2,1-4H3,(H,16,21). The van der Waals surface area contributed by atoms with Crippen LogP contribution in [0, 0.1) is 0 Å². The summed E-state index contributed by atoms with van der Waals surface area (Å²) >= 11 is 0. The van der Waals surface area contributed by atoms with Crippen molar-refractivity contribution in [2.24, 2.45) is 0 Å². The van der Waals surface area contributed by atoms with Gasteiger partial charge in [0.05, 0.1) is 12.2 Å². The third-order valence-electron chi connectivity index (χ3n) is 3.57. The van der Waals surface area contributed by atoms with Gasteiger partial charge < -0.3 is 15.0 Å². The summed E-state index contributed by atoms with van der Waals surface area (Å²) < 4.78 is 7.10. The fourth-order valence-electron chi connectivity index (χ4n) is 2.45. The number of hydrogen-bond acceptors (Lipinski definition) is 5. The molecule has 8 nitrogen and oxygen atoms in total. The number of aromatic nitrogens is 3. The van der Waals surface area contributed by atoms with E-state index in [1.807, 2.05) is 27.7 Å². The Labute approximate surface area is 136 Å².